The number of ether oxygens (including phenoxy) is 1. The number of alkyl halides is 2. The van der Waals surface area contributed by atoms with Gasteiger partial charge in [-0.05, 0) is 53.1 Å². The van der Waals surface area contributed by atoms with E-state index in [9.17, 15) is 13.6 Å². The Balaban J connectivity index is 2.12. The molecule has 3 aromatic rings. The van der Waals surface area contributed by atoms with Crippen molar-refractivity contribution in [3.05, 3.63) is 66.2 Å². The number of ketones is 1. The van der Waals surface area contributed by atoms with Crippen LogP contribution >= 0.6 is 0 Å². The molecule has 0 atom stereocenters. The topological polar surface area (TPSA) is 26.3 Å². The number of halogens is 2. The predicted molar refractivity (Wildman–Crippen MR) is 86.0 cm³/mol. The summed E-state index contributed by atoms with van der Waals surface area (Å²) in [5, 5.41) is 1.96. The van der Waals surface area contributed by atoms with Crippen LogP contribution in [0.1, 0.15) is 17.3 Å². The predicted octanol–water partition coefficient (Wildman–Crippen LogP) is 5.31. The molecule has 0 aliphatic carbocycles. The molecule has 0 unspecified atom stereocenters. The molecule has 0 fully saturated rings. The van der Waals surface area contributed by atoms with Gasteiger partial charge in [-0.25, -0.2) is 0 Å². The molecule has 0 heterocycles. The first-order valence-corrected chi connectivity index (χ1v) is 7.13. The maximum Gasteiger partial charge on any atom is 0.387 e. The first-order chi connectivity index (χ1) is 11.0. The normalized spacial score (nSPS) is 11.0. The summed E-state index contributed by atoms with van der Waals surface area (Å²) in [7, 11) is 0. The molecule has 0 saturated heterocycles. The minimum atomic E-state index is -2.84. The molecule has 4 heteroatoms. The number of rotatable bonds is 4. The third-order valence-electron chi connectivity index (χ3n) is 3.66. The number of benzene rings is 3. The van der Waals surface area contributed by atoms with Crippen LogP contribution in [0, 0.1) is 0 Å². The highest BCUT2D eigenvalue weighted by Crippen LogP contribution is 2.31. The molecule has 23 heavy (non-hydrogen) atoms. The van der Waals surface area contributed by atoms with Gasteiger partial charge in [-0.1, -0.05) is 36.4 Å². The summed E-state index contributed by atoms with van der Waals surface area (Å²) in [5.41, 5.74) is 2.34. The average Bonchev–Trinajstić information content (AvgIpc) is 2.54. The summed E-state index contributed by atoms with van der Waals surface area (Å²) < 4.78 is 28.8. The Morgan fingerprint density at radius 1 is 1.00 bits per heavy atom. The highest BCUT2D eigenvalue weighted by molar-refractivity contribution is 6.04. The van der Waals surface area contributed by atoms with Crippen LogP contribution in [0.3, 0.4) is 0 Å². The van der Waals surface area contributed by atoms with E-state index in [1.165, 1.54) is 19.1 Å². The van der Waals surface area contributed by atoms with Gasteiger partial charge in [0.05, 0.1) is 0 Å². The van der Waals surface area contributed by atoms with Gasteiger partial charge in [-0.2, -0.15) is 8.78 Å². The van der Waals surface area contributed by atoms with Crippen LogP contribution in [-0.4, -0.2) is 12.4 Å². The van der Waals surface area contributed by atoms with Gasteiger partial charge in [0.1, 0.15) is 5.75 Å². The minimum absolute atomic E-state index is 0.0188. The second-order valence-corrected chi connectivity index (χ2v) is 5.20. The van der Waals surface area contributed by atoms with Crippen LogP contribution in [0.25, 0.3) is 21.9 Å². The van der Waals surface area contributed by atoms with Crippen molar-refractivity contribution in [1.82, 2.24) is 0 Å². The summed E-state index contributed by atoms with van der Waals surface area (Å²) >= 11 is 0. The third kappa shape index (κ3) is 3.21. The summed E-state index contributed by atoms with van der Waals surface area (Å²) in [6.45, 7) is -1.32. The van der Waals surface area contributed by atoms with Gasteiger partial charge in [0.25, 0.3) is 0 Å². The second-order valence-electron chi connectivity index (χ2n) is 5.20. The van der Waals surface area contributed by atoms with E-state index in [1.807, 2.05) is 36.4 Å². The van der Waals surface area contributed by atoms with E-state index in [-0.39, 0.29) is 11.5 Å². The smallest absolute Gasteiger partial charge is 0.387 e. The van der Waals surface area contributed by atoms with Crippen LogP contribution in [0.4, 0.5) is 8.78 Å². The Morgan fingerprint density at radius 2 is 1.70 bits per heavy atom. The Morgan fingerprint density at radius 3 is 2.35 bits per heavy atom. The van der Waals surface area contributed by atoms with Crippen molar-refractivity contribution in [3.63, 3.8) is 0 Å². The van der Waals surface area contributed by atoms with E-state index in [1.54, 1.807) is 12.1 Å². The largest absolute Gasteiger partial charge is 0.435 e. The second kappa shape index (κ2) is 6.16. The third-order valence-corrected chi connectivity index (χ3v) is 3.66. The van der Waals surface area contributed by atoms with Crippen molar-refractivity contribution in [2.45, 2.75) is 13.5 Å². The Hall–Kier alpha value is -2.75. The van der Waals surface area contributed by atoms with Crippen molar-refractivity contribution < 1.29 is 18.3 Å². The van der Waals surface area contributed by atoms with Crippen LogP contribution in [0.2, 0.25) is 0 Å². The SMILES string of the molecule is CC(=O)c1cc(-c2ccc(OC(F)F)cc2)c2ccccc2c1. The van der Waals surface area contributed by atoms with Gasteiger partial charge in [-0.15, -0.1) is 0 Å². The van der Waals surface area contributed by atoms with Gasteiger partial charge < -0.3 is 4.74 Å². The van der Waals surface area contributed by atoms with Gasteiger partial charge in [0.15, 0.2) is 5.78 Å². The molecule has 0 aliphatic heterocycles. The molecular formula is C19H14F2O2. The highest BCUT2D eigenvalue weighted by atomic mass is 19.3. The standard InChI is InChI=1S/C19H14F2O2/c1-12(22)15-10-14-4-2-3-5-17(14)18(11-15)13-6-8-16(9-7-13)23-19(20)21/h2-11,19H,1H3. The van der Waals surface area contributed by atoms with Crippen LogP contribution in [0.15, 0.2) is 60.7 Å². The molecule has 0 radical (unpaired) electrons. The minimum Gasteiger partial charge on any atom is -0.435 e. The number of Topliss-reactive ketones (excluding diaryl/α,β-unsaturated/α-hetero) is 1. The van der Waals surface area contributed by atoms with Gasteiger partial charge in [0.2, 0.25) is 0 Å². The van der Waals surface area contributed by atoms with Crippen LogP contribution < -0.4 is 4.74 Å². The van der Waals surface area contributed by atoms with E-state index in [0.717, 1.165) is 21.9 Å². The summed E-state index contributed by atoms with van der Waals surface area (Å²) in [4.78, 5) is 11.7. The maximum atomic E-state index is 12.2. The summed E-state index contributed by atoms with van der Waals surface area (Å²) in [6, 6.07) is 17.9. The molecule has 0 aliphatic rings. The number of fused-ring (bicyclic) bond motifs is 1. The maximum absolute atomic E-state index is 12.2. The van der Waals surface area contributed by atoms with Crippen molar-refractivity contribution in [2.24, 2.45) is 0 Å². The lowest BCUT2D eigenvalue weighted by atomic mass is 9.94. The number of hydrogen-bond acceptors (Lipinski definition) is 2. The zero-order valence-electron chi connectivity index (χ0n) is 12.4. The molecule has 0 bridgehead atoms. The quantitative estimate of drug-likeness (QED) is 0.610. The lowest BCUT2D eigenvalue weighted by Crippen LogP contribution is -2.01. The zero-order chi connectivity index (χ0) is 16.4. The fourth-order valence-electron chi connectivity index (χ4n) is 2.57. The molecule has 0 spiro atoms. The summed E-state index contributed by atoms with van der Waals surface area (Å²) in [6.07, 6.45) is 0. The average molecular weight is 312 g/mol. The van der Waals surface area contributed by atoms with Gasteiger partial charge in [-0.3, -0.25) is 4.79 Å². The van der Waals surface area contributed by atoms with E-state index < -0.39 is 6.61 Å². The molecule has 0 saturated carbocycles. The first kappa shape index (κ1) is 15.2. The molecule has 2 nitrogen and oxygen atoms in total. The Kier molecular flexibility index (Phi) is 4.06. The molecule has 0 aromatic heterocycles. The zero-order valence-corrected chi connectivity index (χ0v) is 12.4. The van der Waals surface area contributed by atoms with Gasteiger partial charge in [0, 0.05) is 5.56 Å². The molecule has 0 N–H and O–H groups in total. The Bertz CT molecular complexity index is 855. The fraction of sp³-hybridized carbons (Fsp3) is 0.105. The van der Waals surface area contributed by atoms with E-state index in [2.05, 4.69) is 4.74 Å². The van der Waals surface area contributed by atoms with E-state index >= 15 is 0 Å². The molecule has 0 amide bonds. The number of carbonyl (C=O) groups is 1. The van der Waals surface area contributed by atoms with Crippen molar-refractivity contribution in [2.75, 3.05) is 0 Å². The fourth-order valence-corrected chi connectivity index (χ4v) is 2.57. The number of hydrogen-bond donors (Lipinski definition) is 0. The summed E-state index contributed by atoms with van der Waals surface area (Å²) in [5.74, 6) is 0.0884. The van der Waals surface area contributed by atoms with E-state index in [0.29, 0.717) is 5.56 Å². The number of carbonyl (C=O) groups excluding carboxylic acids is 1. The van der Waals surface area contributed by atoms with Crippen molar-refractivity contribution in [1.29, 1.82) is 0 Å². The Labute approximate surface area is 132 Å². The lowest BCUT2D eigenvalue weighted by molar-refractivity contribution is -0.0498. The molecule has 116 valence electrons. The van der Waals surface area contributed by atoms with Gasteiger partial charge >= 0.3 is 6.61 Å². The van der Waals surface area contributed by atoms with Crippen molar-refractivity contribution in [3.8, 4) is 16.9 Å². The van der Waals surface area contributed by atoms with Crippen LogP contribution in [0.5, 0.6) is 5.75 Å². The monoisotopic (exact) mass is 312 g/mol. The molecule has 3 aromatic carbocycles. The lowest BCUT2D eigenvalue weighted by Gasteiger charge is -2.10. The highest BCUT2D eigenvalue weighted by Gasteiger charge is 2.10. The van der Waals surface area contributed by atoms with E-state index in [4.69, 9.17) is 0 Å². The molecule has 3 rings (SSSR count). The van der Waals surface area contributed by atoms with Crippen LogP contribution in [-0.2, 0) is 0 Å². The van der Waals surface area contributed by atoms with Crippen molar-refractivity contribution >= 4 is 16.6 Å². The first-order valence-electron chi connectivity index (χ1n) is 7.13. The molecular weight excluding hydrogens is 298 g/mol.